The zero-order chi connectivity index (χ0) is 17.6. The number of nitrogens with zero attached hydrogens (tertiary/aromatic N) is 2. The topological polar surface area (TPSA) is 57.7 Å². The third-order valence-corrected chi connectivity index (χ3v) is 4.69. The minimum Gasteiger partial charge on any atom is -0.311 e. The van der Waals surface area contributed by atoms with Gasteiger partial charge in [-0.05, 0) is 24.5 Å². The van der Waals surface area contributed by atoms with Crippen LogP contribution < -0.4 is 4.90 Å². The molecule has 0 fully saturated rings. The summed E-state index contributed by atoms with van der Waals surface area (Å²) in [6.45, 7) is 8.65. The second-order valence-electron chi connectivity index (χ2n) is 7.57. The average molecular weight is 328 g/mol. The van der Waals surface area contributed by atoms with Gasteiger partial charge in [0.25, 0.3) is 11.8 Å². The molecule has 2 aliphatic heterocycles. The van der Waals surface area contributed by atoms with E-state index < -0.39 is 5.41 Å². The van der Waals surface area contributed by atoms with Gasteiger partial charge in [-0.15, -0.1) is 0 Å². The highest BCUT2D eigenvalue weighted by Crippen LogP contribution is 2.40. The lowest BCUT2D eigenvalue weighted by molar-refractivity contribution is -0.125. The van der Waals surface area contributed by atoms with E-state index in [0.717, 1.165) is 24.8 Å². The molecule has 2 heterocycles. The Hall–Kier alpha value is -2.17. The molecule has 0 aliphatic carbocycles. The average Bonchev–Trinajstić information content (AvgIpc) is 3.04. The quantitative estimate of drug-likeness (QED) is 0.802. The van der Waals surface area contributed by atoms with Gasteiger partial charge in [0.2, 0.25) is 5.91 Å². The fourth-order valence-electron chi connectivity index (χ4n) is 3.38. The van der Waals surface area contributed by atoms with E-state index >= 15 is 0 Å². The zero-order valence-electron chi connectivity index (χ0n) is 14.8. The third kappa shape index (κ3) is 2.43. The molecule has 0 N–H and O–H groups in total. The summed E-state index contributed by atoms with van der Waals surface area (Å²) in [7, 11) is 0. The Morgan fingerprint density at radius 1 is 1.17 bits per heavy atom. The zero-order valence-corrected chi connectivity index (χ0v) is 14.8. The van der Waals surface area contributed by atoms with Crippen molar-refractivity contribution in [2.24, 2.45) is 5.41 Å². The lowest BCUT2D eigenvalue weighted by Crippen LogP contribution is -2.39. The Morgan fingerprint density at radius 3 is 2.50 bits per heavy atom. The summed E-state index contributed by atoms with van der Waals surface area (Å²) in [6.07, 6.45) is 2.43. The van der Waals surface area contributed by atoms with Gasteiger partial charge in [0, 0.05) is 18.5 Å². The van der Waals surface area contributed by atoms with Crippen LogP contribution in [0.15, 0.2) is 12.1 Å². The van der Waals surface area contributed by atoms with Crippen molar-refractivity contribution in [3.63, 3.8) is 0 Å². The molecule has 0 aromatic heterocycles. The van der Waals surface area contributed by atoms with Crippen molar-refractivity contribution in [3.8, 4) is 0 Å². The molecule has 1 aromatic rings. The number of fused-ring (bicyclic) bond motifs is 3. The number of rotatable bonds is 3. The van der Waals surface area contributed by atoms with Crippen LogP contribution in [0.1, 0.15) is 66.8 Å². The monoisotopic (exact) mass is 328 g/mol. The number of hydrogen-bond acceptors (Lipinski definition) is 3. The van der Waals surface area contributed by atoms with Gasteiger partial charge in [-0.1, -0.05) is 40.2 Å². The van der Waals surface area contributed by atoms with E-state index in [4.69, 9.17) is 0 Å². The fourth-order valence-corrected chi connectivity index (χ4v) is 3.38. The van der Waals surface area contributed by atoms with E-state index in [9.17, 15) is 14.4 Å². The summed E-state index contributed by atoms with van der Waals surface area (Å²) < 4.78 is 0. The van der Waals surface area contributed by atoms with E-state index in [1.807, 2.05) is 33.8 Å². The SMILES string of the molecule is CCCCN1C(=O)c2ccc3c(c2C1=O)N(C(=O)C(C)(C)C)CC3. The molecular weight excluding hydrogens is 304 g/mol. The highest BCUT2D eigenvalue weighted by molar-refractivity contribution is 6.25. The number of anilines is 1. The Labute approximate surface area is 142 Å². The predicted octanol–water partition coefficient (Wildman–Crippen LogP) is 3.02. The Kier molecular flexibility index (Phi) is 3.98. The third-order valence-electron chi connectivity index (χ3n) is 4.69. The van der Waals surface area contributed by atoms with Crippen LogP contribution in [0.3, 0.4) is 0 Å². The molecule has 0 bridgehead atoms. The molecule has 1 aromatic carbocycles. The molecule has 128 valence electrons. The van der Waals surface area contributed by atoms with Gasteiger partial charge < -0.3 is 4.90 Å². The number of carbonyl (C=O) groups excluding carboxylic acids is 3. The standard InChI is InChI=1S/C19H24N2O3/c1-5-6-10-21-16(22)13-8-7-12-9-11-20(18(24)19(2,3)4)15(12)14(13)17(21)23/h7-8H,5-6,9-11H2,1-4H3. The van der Waals surface area contributed by atoms with Crippen LogP contribution in [0.4, 0.5) is 5.69 Å². The van der Waals surface area contributed by atoms with Crippen molar-refractivity contribution in [1.82, 2.24) is 4.90 Å². The molecule has 5 heteroatoms. The molecule has 5 nitrogen and oxygen atoms in total. The number of amides is 3. The van der Waals surface area contributed by atoms with Crippen LogP contribution in [-0.4, -0.2) is 35.7 Å². The first-order valence-corrected chi connectivity index (χ1v) is 8.61. The second-order valence-corrected chi connectivity index (χ2v) is 7.57. The maximum atomic E-state index is 12.9. The van der Waals surface area contributed by atoms with Crippen LogP contribution in [0.25, 0.3) is 0 Å². The van der Waals surface area contributed by atoms with Crippen molar-refractivity contribution in [2.45, 2.75) is 47.0 Å². The van der Waals surface area contributed by atoms with E-state index in [1.54, 1.807) is 11.0 Å². The smallest absolute Gasteiger partial charge is 0.263 e. The van der Waals surface area contributed by atoms with Gasteiger partial charge in [-0.3, -0.25) is 19.3 Å². The normalized spacial score (nSPS) is 16.7. The summed E-state index contributed by atoms with van der Waals surface area (Å²) in [4.78, 5) is 41.3. The van der Waals surface area contributed by atoms with Crippen LogP contribution >= 0.6 is 0 Å². The Morgan fingerprint density at radius 2 is 1.88 bits per heavy atom. The molecule has 0 atom stereocenters. The maximum Gasteiger partial charge on any atom is 0.263 e. The lowest BCUT2D eigenvalue weighted by Gasteiger charge is -2.27. The molecule has 0 saturated heterocycles. The second kappa shape index (κ2) is 5.72. The van der Waals surface area contributed by atoms with Gasteiger partial charge in [0.15, 0.2) is 0 Å². The summed E-state index contributed by atoms with van der Waals surface area (Å²) in [6, 6.07) is 3.63. The van der Waals surface area contributed by atoms with E-state index in [2.05, 4.69) is 0 Å². The molecule has 0 saturated carbocycles. The first-order chi connectivity index (χ1) is 11.3. The van der Waals surface area contributed by atoms with Gasteiger partial charge >= 0.3 is 0 Å². The number of imide groups is 1. The highest BCUT2D eigenvalue weighted by atomic mass is 16.2. The van der Waals surface area contributed by atoms with Crippen LogP contribution in [0.2, 0.25) is 0 Å². The van der Waals surface area contributed by atoms with Gasteiger partial charge in [0.05, 0.1) is 16.8 Å². The summed E-state index contributed by atoms with van der Waals surface area (Å²) in [5.41, 5.74) is 1.96. The van der Waals surface area contributed by atoms with Crippen molar-refractivity contribution in [3.05, 3.63) is 28.8 Å². The van der Waals surface area contributed by atoms with Crippen LogP contribution in [0.5, 0.6) is 0 Å². The first kappa shape index (κ1) is 16.7. The van der Waals surface area contributed by atoms with Crippen LogP contribution in [0, 0.1) is 5.41 Å². The molecule has 0 spiro atoms. The predicted molar refractivity (Wildman–Crippen MR) is 92.2 cm³/mol. The number of hydrogen-bond donors (Lipinski definition) is 0. The van der Waals surface area contributed by atoms with Crippen LogP contribution in [-0.2, 0) is 11.2 Å². The summed E-state index contributed by atoms with van der Waals surface area (Å²) in [5.74, 6) is -0.503. The first-order valence-electron chi connectivity index (χ1n) is 8.61. The van der Waals surface area contributed by atoms with E-state index in [0.29, 0.717) is 29.9 Å². The van der Waals surface area contributed by atoms with Crippen molar-refractivity contribution >= 4 is 23.4 Å². The van der Waals surface area contributed by atoms with Crippen molar-refractivity contribution in [1.29, 1.82) is 0 Å². The molecular formula is C19H24N2O3. The van der Waals surface area contributed by atoms with Gasteiger partial charge in [-0.2, -0.15) is 0 Å². The number of carbonyl (C=O) groups is 3. The van der Waals surface area contributed by atoms with Gasteiger partial charge in [-0.25, -0.2) is 0 Å². The Balaban J connectivity index is 2.06. The summed E-state index contributed by atoms with van der Waals surface area (Å²) in [5, 5.41) is 0. The number of unbranched alkanes of at least 4 members (excludes halogenated alkanes) is 1. The van der Waals surface area contributed by atoms with E-state index in [1.165, 1.54) is 4.90 Å². The lowest BCUT2D eigenvalue weighted by atomic mass is 9.94. The minimum atomic E-state index is -0.530. The van der Waals surface area contributed by atoms with E-state index in [-0.39, 0.29) is 17.7 Å². The number of benzene rings is 1. The fraction of sp³-hybridized carbons (Fsp3) is 0.526. The van der Waals surface area contributed by atoms with Gasteiger partial charge in [0.1, 0.15) is 0 Å². The highest BCUT2D eigenvalue weighted by Gasteiger charge is 2.42. The molecule has 3 rings (SSSR count). The molecule has 24 heavy (non-hydrogen) atoms. The Bertz CT molecular complexity index is 731. The molecule has 0 unspecified atom stereocenters. The molecule has 0 radical (unpaired) electrons. The largest absolute Gasteiger partial charge is 0.311 e. The summed E-state index contributed by atoms with van der Waals surface area (Å²) >= 11 is 0. The maximum absolute atomic E-state index is 12.9. The van der Waals surface area contributed by atoms with Crippen molar-refractivity contribution in [2.75, 3.05) is 18.0 Å². The molecule has 3 amide bonds. The minimum absolute atomic E-state index is 0.0121. The molecule has 2 aliphatic rings. The van der Waals surface area contributed by atoms with Crippen molar-refractivity contribution < 1.29 is 14.4 Å².